The highest BCUT2D eigenvalue weighted by Crippen LogP contribution is 2.21. The van der Waals surface area contributed by atoms with Crippen LogP contribution >= 0.6 is 0 Å². The van der Waals surface area contributed by atoms with E-state index < -0.39 is 5.97 Å². The van der Waals surface area contributed by atoms with Gasteiger partial charge in [-0.15, -0.1) is 0 Å². The highest BCUT2D eigenvalue weighted by atomic mass is 16.4. The maximum Gasteiger partial charge on any atom is 0.335 e. The van der Waals surface area contributed by atoms with Crippen LogP contribution in [0.15, 0.2) is 24.3 Å². The third-order valence-corrected chi connectivity index (χ3v) is 3.20. The summed E-state index contributed by atoms with van der Waals surface area (Å²) < 4.78 is 0. The van der Waals surface area contributed by atoms with Crippen LogP contribution in [0.1, 0.15) is 30.1 Å². The van der Waals surface area contributed by atoms with E-state index in [0.717, 1.165) is 25.2 Å². The second-order valence-corrected chi connectivity index (χ2v) is 4.25. The number of hydrogen-bond donors (Lipinski definition) is 2. The summed E-state index contributed by atoms with van der Waals surface area (Å²) in [6.45, 7) is 4.10. The Morgan fingerprint density at radius 1 is 1.47 bits per heavy atom. The van der Waals surface area contributed by atoms with Gasteiger partial charge >= 0.3 is 5.97 Å². The molecular weight excluding hydrogens is 216 g/mol. The molecule has 17 heavy (non-hydrogen) atoms. The topological polar surface area (TPSA) is 52.6 Å². The number of carbonyl (C=O) groups is 1. The maximum atomic E-state index is 10.8. The first-order valence-electron chi connectivity index (χ1n) is 6.05. The zero-order valence-electron chi connectivity index (χ0n) is 10.0. The van der Waals surface area contributed by atoms with Gasteiger partial charge in [0.15, 0.2) is 0 Å². The number of nitrogens with zero attached hydrogens (tertiary/aromatic N) is 1. The zero-order chi connectivity index (χ0) is 12.3. The number of hydrogen-bond acceptors (Lipinski definition) is 3. The largest absolute Gasteiger partial charge is 0.478 e. The van der Waals surface area contributed by atoms with E-state index in [1.807, 2.05) is 12.1 Å². The molecule has 0 aromatic heterocycles. The summed E-state index contributed by atoms with van der Waals surface area (Å²) in [5.74, 6) is -0.876. The molecule has 0 saturated carbocycles. The summed E-state index contributed by atoms with van der Waals surface area (Å²) in [6.07, 6.45) is 2.73. The summed E-state index contributed by atoms with van der Waals surface area (Å²) in [5, 5.41) is 12.3. The number of nitrogens with one attached hydrogen (secondary N) is 1. The van der Waals surface area contributed by atoms with Crippen LogP contribution in [-0.4, -0.2) is 30.3 Å². The minimum absolute atomic E-state index is 0.337. The highest BCUT2D eigenvalue weighted by Gasteiger charge is 2.20. The molecule has 0 aliphatic carbocycles. The van der Waals surface area contributed by atoms with Gasteiger partial charge in [-0.25, -0.2) is 4.79 Å². The second-order valence-electron chi connectivity index (χ2n) is 4.25. The van der Waals surface area contributed by atoms with Crippen LogP contribution in [0, 0.1) is 0 Å². The van der Waals surface area contributed by atoms with Gasteiger partial charge in [0.05, 0.1) is 11.7 Å². The molecule has 1 fully saturated rings. The van der Waals surface area contributed by atoms with E-state index in [2.05, 4.69) is 17.1 Å². The van der Waals surface area contributed by atoms with Crippen LogP contribution in [0.4, 0.5) is 5.69 Å². The summed E-state index contributed by atoms with van der Waals surface area (Å²) in [6, 6.07) is 7.09. The predicted octanol–water partition coefficient (Wildman–Crippen LogP) is 1.92. The second kappa shape index (κ2) is 5.19. The molecule has 1 heterocycles. The fraction of sp³-hybridized carbons (Fsp3) is 0.462. The van der Waals surface area contributed by atoms with Gasteiger partial charge in [0, 0.05) is 12.2 Å². The molecule has 1 unspecified atom stereocenters. The number of rotatable bonds is 4. The number of benzene rings is 1. The molecule has 0 amide bonds. The molecule has 4 heteroatoms. The van der Waals surface area contributed by atoms with Crippen LogP contribution in [0.2, 0.25) is 0 Å². The minimum Gasteiger partial charge on any atom is -0.478 e. The van der Waals surface area contributed by atoms with Crippen molar-refractivity contribution < 1.29 is 9.90 Å². The van der Waals surface area contributed by atoms with Crippen molar-refractivity contribution in [3.63, 3.8) is 0 Å². The Kier molecular flexibility index (Phi) is 3.64. The van der Waals surface area contributed by atoms with Crippen molar-refractivity contribution in [1.82, 2.24) is 5.32 Å². The monoisotopic (exact) mass is 234 g/mol. The first-order chi connectivity index (χ1) is 8.22. The molecule has 92 valence electrons. The van der Waals surface area contributed by atoms with Crippen LogP contribution in [0.5, 0.6) is 0 Å². The lowest BCUT2D eigenvalue weighted by Crippen LogP contribution is -2.41. The molecule has 1 aromatic rings. The predicted molar refractivity (Wildman–Crippen MR) is 67.4 cm³/mol. The van der Waals surface area contributed by atoms with Crippen molar-refractivity contribution in [2.24, 2.45) is 0 Å². The van der Waals surface area contributed by atoms with Gasteiger partial charge in [0.1, 0.15) is 0 Å². The van der Waals surface area contributed by atoms with Crippen molar-refractivity contribution in [3.05, 3.63) is 29.8 Å². The van der Waals surface area contributed by atoms with Gasteiger partial charge in [0.2, 0.25) is 0 Å². The van der Waals surface area contributed by atoms with Gasteiger partial charge in [-0.1, -0.05) is 0 Å². The molecule has 2 N–H and O–H groups in total. The number of aromatic carboxylic acids is 1. The zero-order valence-corrected chi connectivity index (χ0v) is 10.0. The Morgan fingerprint density at radius 3 is 2.65 bits per heavy atom. The molecular formula is C13H18N2O2. The first kappa shape index (κ1) is 11.9. The minimum atomic E-state index is -0.876. The van der Waals surface area contributed by atoms with E-state index >= 15 is 0 Å². The summed E-state index contributed by atoms with van der Waals surface area (Å²) in [4.78, 5) is 13.1. The average molecular weight is 234 g/mol. The molecule has 1 aliphatic rings. The van der Waals surface area contributed by atoms with Crippen LogP contribution < -0.4 is 10.2 Å². The standard InChI is InChI=1S/C13H18N2O2/c1-2-15(12-4-3-9-14-12)11-7-5-10(6-8-11)13(16)17/h5-8,12,14H,2-4,9H2,1H3,(H,16,17). The lowest BCUT2D eigenvalue weighted by Gasteiger charge is -2.30. The molecule has 1 saturated heterocycles. The van der Waals surface area contributed by atoms with Gasteiger partial charge in [-0.3, -0.25) is 5.32 Å². The molecule has 0 radical (unpaired) electrons. The molecule has 2 rings (SSSR count). The van der Waals surface area contributed by atoms with Crippen molar-refractivity contribution in [1.29, 1.82) is 0 Å². The van der Waals surface area contributed by atoms with E-state index in [1.165, 1.54) is 6.42 Å². The van der Waals surface area contributed by atoms with Crippen LogP contribution in [-0.2, 0) is 0 Å². The molecule has 4 nitrogen and oxygen atoms in total. The van der Waals surface area contributed by atoms with Crippen molar-refractivity contribution in [3.8, 4) is 0 Å². The van der Waals surface area contributed by atoms with Crippen molar-refractivity contribution in [2.45, 2.75) is 25.9 Å². The lowest BCUT2D eigenvalue weighted by molar-refractivity contribution is 0.0697. The number of carboxylic acid groups (broad SMARTS) is 1. The van der Waals surface area contributed by atoms with Gasteiger partial charge < -0.3 is 10.0 Å². The normalized spacial score (nSPS) is 19.2. The maximum absolute atomic E-state index is 10.8. The Morgan fingerprint density at radius 2 is 2.18 bits per heavy atom. The van der Waals surface area contributed by atoms with E-state index in [9.17, 15) is 4.79 Å². The third kappa shape index (κ3) is 2.58. The molecule has 1 aliphatic heterocycles. The van der Waals surface area contributed by atoms with Gasteiger partial charge in [0.25, 0.3) is 0 Å². The molecule has 0 spiro atoms. The molecule has 0 bridgehead atoms. The van der Waals surface area contributed by atoms with E-state index in [4.69, 9.17) is 5.11 Å². The Bertz CT molecular complexity index is 383. The fourth-order valence-electron chi connectivity index (χ4n) is 2.31. The first-order valence-corrected chi connectivity index (χ1v) is 6.05. The van der Waals surface area contributed by atoms with E-state index in [1.54, 1.807) is 12.1 Å². The summed E-state index contributed by atoms with van der Waals surface area (Å²) in [7, 11) is 0. The lowest BCUT2D eigenvalue weighted by atomic mass is 10.2. The van der Waals surface area contributed by atoms with E-state index in [-0.39, 0.29) is 0 Å². The van der Waals surface area contributed by atoms with Crippen molar-refractivity contribution >= 4 is 11.7 Å². The third-order valence-electron chi connectivity index (χ3n) is 3.20. The van der Waals surface area contributed by atoms with E-state index in [0.29, 0.717) is 11.7 Å². The van der Waals surface area contributed by atoms with Gasteiger partial charge in [-0.2, -0.15) is 0 Å². The quantitative estimate of drug-likeness (QED) is 0.835. The number of carboxylic acids is 1. The molecule has 1 atom stereocenters. The van der Waals surface area contributed by atoms with Gasteiger partial charge in [-0.05, 0) is 50.6 Å². The smallest absolute Gasteiger partial charge is 0.335 e. The summed E-state index contributed by atoms with van der Waals surface area (Å²) in [5.41, 5.74) is 1.42. The SMILES string of the molecule is CCN(c1ccc(C(=O)O)cc1)C1CCCN1. The number of anilines is 1. The summed E-state index contributed by atoms with van der Waals surface area (Å²) >= 11 is 0. The highest BCUT2D eigenvalue weighted by molar-refractivity contribution is 5.88. The Balaban J connectivity index is 2.16. The Hall–Kier alpha value is -1.55. The van der Waals surface area contributed by atoms with Crippen LogP contribution in [0.3, 0.4) is 0 Å². The Labute approximate surface area is 101 Å². The fourth-order valence-corrected chi connectivity index (χ4v) is 2.31. The van der Waals surface area contributed by atoms with Crippen molar-refractivity contribution in [2.75, 3.05) is 18.0 Å². The average Bonchev–Trinajstić information content (AvgIpc) is 2.84. The van der Waals surface area contributed by atoms with Crippen LogP contribution in [0.25, 0.3) is 0 Å². The molecule has 1 aromatic carbocycles.